The van der Waals surface area contributed by atoms with Gasteiger partial charge in [-0.1, -0.05) is 78.9 Å². The second kappa shape index (κ2) is 10.6. The van der Waals surface area contributed by atoms with Crippen LogP contribution in [-0.2, 0) is 6.42 Å². The van der Waals surface area contributed by atoms with Crippen LogP contribution in [0, 0.1) is 22.7 Å². The molecule has 0 radical (unpaired) electrons. The fourth-order valence-electron chi connectivity index (χ4n) is 7.98. The Hall–Kier alpha value is -6.40. The van der Waals surface area contributed by atoms with Crippen molar-refractivity contribution in [1.29, 1.82) is 10.5 Å². The van der Waals surface area contributed by atoms with Gasteiger partial charge in [0.2, 0.25) is 0 Å². The fraction of sp³-hybridized carbons (Fsp3) is 0.0455. The van der Waals surface area contributed by atoms with Crippen LogP contribution >= 0.6 is 11.3 Å². The highest BCUT2D eigenvalue weighted by atomic mass is 32.1. The smallest absolute Gasteiger partial charge is 0.101 e. The molecule has 0 saturated carbocycles. The summed E-state index contributed by atoms with van der Waals surface area (Å²) in [4.78, 5) is 1.40. The lowest BCUT2D eigenvalue weighted by Gasteiger charge is -2.20. The van der Waals surface area contributed by atoms with Crippen molar-refractivity contribution in [1.82, 2.24) is 9.13 Å². The maximum atomic E-state index is 10.5. The van der Waals surface area contributed by atoms with Gasteiger partial charge in [0, 0.05) is 43.1 Å². The topological polar surface area (TPSA) is 57.4 Å². The van der Waals surface area contributed by atoms with Gasteiger partial charge in [0.1, 0.15) is 6.07 Å². The molecule has 0 spiro atoms. The fourth-order valence-corrected chi connectivity index (χ4v) is 9.30. The molecule has 9 aromatic rings. The van der Waals surface area contributed by atoms with Crippen molar-refractivity contribution in [3.63, 3.8) is 0 Å². The molecular formula is C44H26N4S. The molecule has 0 amide bonds. The van der Waals surface area contributed by atoms with E-state index in [-0.39, 0.29) is 0 Å². The second-order valence-electron chi connectivity index (χ2n) is 12.6. The second-order valence-corrected chi connectivity index (χ2v) is 13.8. The number of fused-ring (bicyclic) bond motifs is 10. The molecule has 10 rings (SSSR count). The van der Waals surface area contributed by atoms with Crippen molar-refractivity contribution >= 4 is 76.7 Å². The molecule has 1 aliphatic rings. The van der Waals surface area contributed by atoms with Gasteiger partial charge in [-0.2, -0.15) is 10.5 Å². The highest BCUT2D eigenvalue weighted by Crippen LogP contribution is 2.46. The van der Waals surface area contributed by atoms with Crippen LogP contribution in [-0.4, -0.2) is 9.13 Å². The van der Waals surface area contributed by atoms with Crippen LogP contribution in [0.15, 0.2) is 127 Å². The van der Waals surface area contributed by atoms with Gasteiger partial charge >= 0.3 is 0 Å². The average molecular weight is 643 g/mol. The summed E-state index contributed by atoms with van der Waals surface area (Å²) in [7, 11) is 0. The van der Waals surface area contributed by atoms with Crippen LogP contribution < -0.4 is 0 Å². The number of nitrogens with zero attached hydrogens (tertiary/aromatic N) is 4. The molecule has 0 unspecified atom stereocenters. The van der Waals surface area contributed by atoms with Gasteiger partial charge in [-0.15, -0.1) is 11.3 Å². The maximum absolute atomic E-state index is 10.5. The van der Waals surface area contributed by atoms with Crippen molar-refractivity contribution in [3.05, 3.63) is 155 Å². The van der Waals surface area contributed by atoms with Gasteiger partial charge in [-0.25, -0.2) is 0 Å². The molecule has 4 nitrogen and oxygen atoms in total. The Morgan fingerprint density at radius 1 is 0.571 bits per heavy atom. The molecule has 49 heavy (non-hydrogen) atoms. The third kappa shape index (κ3) is 3.94. The monoisotopic (exact) mass is 642 g/mol. The van der Waals surface area contributed by atoms with E-state index in [4.69, 9.17) is 0 Å². The summed E-state index contributed by atoms with van der Waals surface area (Å²) in [5, 5.41) is 26.0. The Morgan fingerprint density at radius 2 is 1.29 bits per heavy atom. The van der Waals surface area contributed by atoms with Crippen LogP contribution in [0.5, 0.6) is 0 Å². The number of nitriles is 2. The summed E-state index contributed by atoms with van der Waals surface area (Å²) in [6.45, 7) is 0. The summed E-state index contributed by atoms with van der Waals surface area (Å²) < 4.78 is 5.96. The first kappa shape index (κ1) is 27.7. The van der Waals surface area contributed by atoms with E-state index in [0.717, 1.165) is 51.6 Å². The number of aryl methyl sites for hydroxylation is 1. The van der Waals surface area contributed by atoms with E-state index in [1.807, 2.05) is 53.8 Å². The number of benzene rings is 6. The van der Waals surface area contributed by atoms with Crippen molar-refractivity contribution in [3.8, 4) is 23.5 Å². The van der Waals surface area contributed by atoms with Crippen molar-refractivity contribution in [2.75, 3.05) is 0 Å². The minimum atomic E-state index is 0.622. The molecule has 0 fully saturated rings. The van der Waals surface area contributed by atoms with E-state index >= 15 is 0 Å². The first-order valence-corrected chi connectivity index (χ1v) is 17.3. The molecule has 0 atom stereocenters. The molecule has 0 N–H and O–H groups in total. The molecule has 3 heterocycles. The molecule has 5 heteroatoms. The van der Waals surface area contributed by atoms with Gasteiger partial charge in [-0.3, -0.25) is 0 Å². The van der Waals surface area contributed by atoms with Crippen LogP contribution in [0.25, 0.3) is 76.7 Å². The van der Waals surface area contributed by atoms with Gasteiger partial charge < -0.3 is 9.13 Å². The Morgan fingerprint density at radius 3 is 2.08 bits per heavy atom. The third-order valence-electron chi connectivity index (χ3n) is 10.1. The van der Waals surface area contributed by atoms with E-state index in [9.17, 15) is 10.5 Å². The summed E-state index contributed by atoms with van der Waals surface area (Å²) in [5.74, 6) is 0. The molecule has 0 bridgehead atoms. The number of thiophene rings is 1. The van der Waals surface area contributed by atoms with Crippen molar-refractivity contribution < 1.29 is 0 Å². The molecular weight excluding hydrogens is 617 g/mol. The minimum Gasteiger partial charge on any atom is -0.308 e. The normalized spacial score (nSPS) is 12.8. The molecule has 1 aliphatic carbocycles. The minimum absolute atomic E-state index is 0.622. The van der Waals surface area contributed by atoms with E-state index in [1.54, 1.807) is 0 Å². The Balaban J connectivity index is 1.23. The summed E-state index contributed by atoms with van der Waals surface area (Å²) >= 11 is 1.92. The molecule has 228 valence electrons. The zero-order valence-electron chi connectivity index (χ0n) is 26.3. The molecule has 3 aromatic heterocycles. The van der Waals surface area contributed by atoms with Crippen LogP contribution in [0.1, 0.15) is 33.6 Å². The van der Waals surface area contributed by atoms with E-state index in [1.165, 1.54) is 47.9 Å². The number of hydrogen-bond acceptors (Lipinski definition) is 3. The van der Waals surface area contributed by atoms with Crippen molar-refractivity contribution in [2.24, 2.45) is 0 Å². The highest BCUT2D eigenvalue weighted by molar-refractivity contribution is 7.20. The zero-order valence-corrected chi connectivity index (χ0v) is 27.1. The maximum Gasteiger partial charge on any atom is 0.101 e. The van der Waals surface area contributed by atoms with E-state index < -0.39 is 0 Å². The lowest BCUT2D eigenvalue weighted by Crippen LogP contribution is -2.05. The number of hydrogen-bond donors (Lipinski definition) is 0. The van der Waals surface area contributed by atoms with Crippen molar-refractivity contribution in [2.45, 2.75) is 12.8 Å². The number of allylic oxidation sites excluding steroid dienone is 1. The largest absolute Gasteiger partial charge is 0.308 e. The first-order valence-electron chi connectivity index (χ1n) is 16.4. The molecule has 6 aromatic carbocycles. The summed E-state index contributed by atoms with van der Waals surface area (Å²) in [6.07, 6.45) is 4.19. The predicted octanol–water partition coefficient (Wildman–Crippen LogP) is 11.3. The Kier molecular flexibility index (Phi) is 5.96. The molecule has 0 saturated heterocycles. The van der Waals surface area contributed by atoms with Crippen LogP contribution in [0.3, 0.4) is 0 Å². The van der Waals surface area contributed by atoms with Crippen LogP contribution in [0.4, 0.5) is 0 Å². The third-order valence-corrected chi connectivity index (χ3v) is 11.4. The lowest BCUT2D eigenvalue weighted by atomic mass is 9.89. The number of aromatic nitrogens is 2. The van der Waals surface area contributed by atoms with Gasteiger partial charge in [0.05, 0.1) is 49.7 Å². The highest BCUT2D eigenvalue weighted by Gasteiger charge is 2.25. The first-order chi connectivity index (χ1) is 24.2. The predicted molar refractivity (Wildman–Crippen MR) is 203 cm³/mol. The van der Waals surface area contributed by atoms with Gasteiger partial charge in [-0.05, 0) is 78.6 Å². The van der Waals surface area contributed by atoms with Gasteiger partial charge in [0.25, 0.3) is 0 Å². The number of rotatable bonds is 3. The summed E-state index contributed by atoms with van der Waals surface area (Å²) in [6, 6.07) is 49.0. The Bertz CT molecular complexity index is 2960. The standard InChI is InChI=1S/C44H26N4S/c45-25-27-17-21-40-36(23-27)33-13-5-7-16-39(33)48(40)42-29(26-46)9-8-14-31(42)28-18-22-41-37(24-28)35-20-19-34-32-12-4-6-15-38(32)47(43(34)44(35)49-41)30-10-2-1-3-11-30/h1-17,19-21,23-24H,18,22H2. The van der Waals surface area contributed by atoms with Gasteiger partial charge in [0.15, 0.2) is 0 Å². The zero-order chi connectivity index (χ0) is 32.6. The van der Waals surface area contributed by atoms with E-state index in [2.05, 4.69) is 112 Å². The lowest BCUT2D eigenvalue weighted by molar-refractivity contribution is 1.02. The number of para-hydroxylation sites is 4. The van der Waals surface area contributed by atoms with Crippen LogP contribution in [0.2, 0.25) is 0 Å². The summed E-state index contributed by atoms with van der Waals surface area (Å²) in [5.41, 5.74) is 11.3. The SMILES string of the molecule is N#Cc1ccc2c(c1)c1ccccc1n2-c1c(C#N)cccc1C1=Cc2c(sc3c2ccc2c4ccccc4n(-c4ccccc4)c23)CC1. The molecule has 0 aliphatic heterocycles. The Labute approximate surface area is 286 Å². The van der Waals surface area contributed by atoms with E-state index in [0.29, 0.717) is 11.1 Å². The average Bonchev–Trinajstić information content (AvgIpc) is 3.82. The quantitative estimate of drug-likeness (QED) is 0.193.